The Bertz CT molecular complexity index is 1860. The minimum atomic E-state index is -4.67. The Hall–Kier alpha value is -4.59. The van der Waals surface area contributed by atoms with Gasteiger partial charge in [-0.05, 0) is 56.3 Å². The molecule has 0 aliphatic rings. The molecule has 0 aliphatic heterocycles. The van der Waals surface area contributed by atoms with E-state index in [0.29, 0.717) is 25.7 Å². The van der Waals surface area contributed by atoms with Crippen LogP contribution in [0, 0.1) is 24.0 Å². The van der Waals surface area contributed by atoms with E-state index >= 15 is 0 Å². The molecule has 4 rings (SSSR count). The molecule has 15 heteroatoms. The number of nitrogens with one attached hydrogen (secondary N) is 1. The first-order valence-corrected chi connectivity index (χ1v) is 15.0. The molecule has 0 bridgehead atoms. The summed E-state index contributed by atoms with van der Waals surface area (Å²) in [5.74, 6) is -0.409. The minimum absolute atomic E-state index is 0.0469. The van der Waals surface area contributed by atoms with Crippen molar-refractivity contribution in [1.29, 1.82) is 0 Å². The topological polar surface area (TPSA) is 145 Å². The number of rotatable bonds is 11. The summed E-state index contributed by atoms with van der Waals surface area (Å²) >= 11 is 12.4. The number of nitro groups is 1. The van der Waals surface area contributed by atoms with Crippen LogP contribution >= 0.6 is 23.2 Å². The van der Waals surface area contributed by atoms with E-state index in [-0.39, 0.29) is 11.4 Å². The lowest BCUT2D eigenvalue weighted by molar-refractivity contribution is -0.387. The second-order valence-electron chi connectivity index (χ2n) is 9.36. The molecule has 0 spiro atoms. The third kappa shape index (κ3) is 6.80. The van der Waals surface area contributed by atoms with Crippen LogP contribution in [0.3, 0.4) is 0 Å². The SMILES string of the molecule is COc1ccc(N(CC(=O)N/N=C\c2cc(C)n(-c3cc(Cl)cc(Cl)c3)c2C)S(=O)(=O)c2ccccc2[N+](=O)[O-])c(OC)c1. The van der Waals surface area contributed by atoms with Crippen molar-refractivity contribution >= 4 is 56.7 Å². The molecule has 1 amide bonds. The molecule has 4 aromatic rings. The number of carbonyl (C=O) groups is 1. The standard InChI is InChI=1S/C29H27Cl2N5O7S/c1-18-11-20(19(2)35(18)23-13-21(30)12-22(31)14-23)16-32-33-29(37)17-34(25-10-9-24(42-3)15-27(25)43-4)44(40,41)28-8-6-5-7-26(28)36(38)39/h5-16H,17H2,1-4H3,(H,33,37)/b32-16-. The number of methoxy groups -OCH3 is 2. The van der Waals surface area contributed by atoms with Crippen molar-refractivity contribution in [2.24, 2.45) is 5.10 Å². The van der Waals surface area contributed by atoms with Crippen LogP contribution in [0.15, 0.2) is 76.7 Å². The molecular weight excluding hydrogens is 633 g/mol. The quantitative estimate of drug-likeness (QED) is 0.124. The van der Waals surface area contributed by atoms with Gasteiger partial charge >= 0.3 is 0 Å². The number of aromatic nitrogens is 1. The van der Waals surface area contributed by atoms with Crippen molar-refractivity contribution < 1.29 is 27.6 Å². The largest absolute Gasteiger partial charge is 0.497 e. The van der Waals surface area contributed by atoms with E-state index in [0.717, 1.165) is 29.2 Å². The van der Waals surface area contributed by atoms with Crippen molar-refractivity contribution in [1.82, 2.24) is 9.99 Å². The number of hydrogen-bond acceptors (Lipinski definition) is 8. The number of aryl methyl sites for hydroxylation is 1. The number of hydrogen-bond donors (Lipinski definition) is 1. The van der Waals surface area contributed by atoms with Crippen LogP contribution in [0.1, 0.15) is 17.0 Å². The van der Waals surface area contributed by atoms with E-state index in [1.54, 1.807) is 18.2 Å². The number of hydrazone groups is 1. The highest BCUT2D eigenvalue weighted by Gasteiger charge is 2.34. The maximum absolute atomic E-state index is 13.9. The predicted molar refractivity (Wildman–Crippen MR) is 168 cm³/mol. The molecule has 0 saturated carbocycles. The van der Waals surface area contributed by atoms with Crippen molar-refractivity contribution in [2.45, 2.75) is 18.7 Å². The van der Waals surface area contributed by atoms with Gasteiger partial charge in [0.25, 0.3) is 21.6 Å². The van der Waals surface area contributed by atoms with E-state index in [4.69, 9.17) is 32.7 Å². The molecule has 3 aromatic carbocycles. The number of nitro benzene ring substituents is 1. The number of halogens is 2. The van der Waals surface area contributed by atoms with Crippen LogP contribution < -0.4 is 19.2 Å². The fourth-order valence-corrected chi connectivity index (χ4v) is 6.67. The molecule has 1 heterocycles. The van der Waals surface area contributed by atoms with Gasteiger partial charge in [0.05, 0.1) is 31.0 Å². The van der Waals surface area contributed by atoms with Gasteiger partial charge in [-0.25, -0.2) is 13.8 Å². The average Bonchev–Trinajstić information content (AvgIpc) is 3.27. The zero-order valence-corrected chi connectivity index (χ0v) is 26.3. The number of amides is 1. The van der Waals surface area contributed by atoms with Crippen LogP contribution in [0.4, 0.5) is 11.4 Å². The first-order valence-electron chi connectivity index (χ1n) is 12.8. The molecule has 44 heavy (non-hydrogen) atoms. The third-order valence-electron chi connectivity index (χ3n) is 6.54. The number of benzene rings is 3. The minimum Gasteiger partial charge on any atom is -0.497 e. The van der Waals surface area contributed by atoms with E-state index < -0.39 is 38.0 Å². The Morgan fingerprint density at radius 1 is 1.05 bits per heavy atom. The number of para-hydroxylation sites is 1. The molecule has 0 fully saturated rings. The maximum atomic E-state index is 13.9. The lowest BCUT2D eigenvalue weighted by Gasteiger charge is -2.25. The zero-order valence-electron chi connectivity index (χ0n) is 23.9. The summed E-state index contributed by atoms with van der Waals surface area (Å²) in [6, 6.07) is 16.1. The first kappa shape index (κ1) is 32.3. The lowest BCUT2D eigenvalue weighted by Crippen LogP contribution is -2.40. The monoisotopic (exact) mass is 659 g/mol. The fraction of sp³-hybridized carbons (Fsp3) is 0.172. The number of nitrogens with zero attached hydrogens (tertiary/aromatic N) is 4. The normalized spacial score (nSPS) is 11.4. The number of carbonyl (C=O) groups excluding carboxylic acids is 1. The van der Waals surface area contributed by atoms with Gasteiger partial charge < -0.3 is 14.0 Å². The molecule has 1 N–H and O–H groups in total. The van der Waals surface area contributed by atoms with Crippen LogP contribution in [-0.2, 0) is 14.8 Å². The van der Waals surface area contributed by atoms with Crippen LogP contribution in [0.25, 0.3) is 5.69 Å². The molecule has 0 unspecified atom stereocenters. The van der Waals surface area contributed by atoms with E-state index in [2.05, 4.69) is 10.5 Å². The Morgan fingerprint density at radius 3 is 2.36 bits per heavy atom. The molecule has 1 aromatic heterocycles. The van der Waals surface area contributed by atoms with Crippen molar-refractivity contribution in [3.63, 3.8) is 0 Å². The van der Waals surface area contributed by atoms with Crippen LogP contribution in [0.2, 0.25) is 10.0 Å². The highest BCUT2D eigenvalue weighted by Crippen LogP contribution is 2.37. The average molecular weight is 661 g/mol. The predicted octanol–water partition coefficient (Wildman–Crippen LogP) is 5.67. The first-order chi connectivity index (χ1) is 20.9. The van der Waals surface area contributed by atoms with Gasteiger partial charge in [0.15, 0.2) is 4.90 Å². The van der Waals surface area contributed by atoms with Crippen molar-refractivity contribution in [3.8, 4) is 17.2 Å². The van der Waals surface area contributed by atoms with Gasteiger partial charge in [-0.1, -0.05) is 35.3 Å². The zero-order chi connectivity index (χ0) is 32.2. The van der Waals surface area contributed by atoms with Crippen LogP contribution in [0.5, 0.6) is 11.5 Å². The molecule has 0 aliphatic carbocycles. The molecular formula is C29H27Cl2N5O7S. The van der Waals surface area contributed by atoms with Gasteiger partial charge in [-0.3, -0.25) is 19.2 Å². The Morgan fingerprint density at radius 2 is 1.73 bits per heavy atom. The third-order valence-corrected chi connectivity index (χ3v) is 8.79. The van der Waals surface area contributed by atoms with Gasteiger partial charge in [0.1, 0.15) is 18.0 Å². The smallest absolute Gasteiger partial charge is 0.289 e. The molecule has 0 radical (unpaired) electrons. The van der Waals surface area contributed by atoms with E-state index in [1.165, 1.54) is 50.8 Å². The van der Waals surface area contributed by atoms with E-state index in [9.17, 15) is 23.3 Å². The van der Waals surface area contributed by atoms with Gasteiger partial charge in [-0.2, -0.15) is 5.10 Å². The Kier molecular flexibility index (Phi) is 9.82. The van der Waals surface area contributed by atoms with Gasteiger partial charge in [0, 0.05) is 44.8 Å². The molecule has 0 saturated heterocycles. The Balaban J connectivity index is 1.66. The van der Waals surface area contributed by atoms with Crippen LogP contribution in [-0.4, -0.2) is 50.8 Å². The number of anilines is 1. The van der Waals surface area contributed by atoms with Crippen molar-refractivity contribution in [3.05, 3.63) is 104 Å². The summed E-state index contributed by atoms with van der Waals surface area (Å²) in [7, 11) is -1.94. The highest BCUT2D eigenvalue weighted by atomic mass is 35.5. The van der Waals surface area contributed by atoms with Gasteiger partial charge in [0.2, 0.25) is 0 Å². The summed E-state index contributed by atoms with van der Waals surface area (Å²) in [4.78, 5) is 23.4. The summed E-state index contributed by atoms with van der Waals surface area (Å²) in [5, 5.41) is 16.6. The highest BCUT2D eigenvalue weighted by molar-refractivity contribution is 7.93. The molecule has 230 valence electrons. The fourth-order valence-electron chi connectivity index (χ4n) is 4.56. The maximum Gasteiger partial charge on any atom is 0.289 e. The lowest BCUT2D eigenvalue weighted by atomic mass is 10.2. The summed E-state index contributed by atoms with van der Waals surface area (Å²) < 4.78 is 41.0. The second kappa shape index (κ2) is 13.4. The summed E-state index contributed by atoms with van der Waals surface area (Å²) in [6.07, 6.45) is 1.41. The Labute approximate surface area is 263 Å². The van der Waals surface area contributed by atoms with Gasteiger partial charge in [-0.15, -0.1) is 0 Å². The molecule has 12 nitrogen and oxygen atoms in total. The van der Waals surface area contributed by atoms with E-state index in [1.807, 2.05) is 24.5 Å². The molecule has 0 atom stereocenters. The number of ether oxygens (including phenoxy) is 2. The summed E-state index contributed by atoms with van der Waals surface area (Å²) in [6.45, 7) is 2.95. The second-order valence-corrected chi connectivity index (χ2v) is 12.1. The summed E-state index contributed by atoms with van der Waals surface area (Å²) in [5.41, 5.74) is 4.68. The number of sulfonamides is 1. The van der Waals surface area contributed by atoms with Crippen molar-refractivity contribution in [2.75, 3.05) is 25.1 Å².